The van der Waals surface area contributed by atoms with Crippen molar-refractivity contribution in [2.24, 2.45) is 5.92 Å². The molecule has 0 saturated heterocycles. The summed E-state index contributed by atoms with van der Waals surface area (Å²) < 4.78 is 6.03. The minimum Gasteiger partial charge on any atom is -0.478 e. The Bertz CT molecular complexity index is 540. The first-order valence-electron chi connectivity index (χ1n) is 6.94. The van der Waals surface area contributed by atoms with Crippen LogP contribution < -0.4 is 5.32 Å². The molecule has 1 fully saturated rings. The van der Waals surface area contributed by atoms with E-state index >= 15 is 0 Å². The molecule has 0 aromatic heterocycles. The normalized spacial score (nSPS) is 20.7. The van der Waals surface area contributed by atoms with Gasteiger partial charge in [0.25, 0.3) is 0 Å². The predicted octanol–water partition coefficient (Wildman–Crippen LogP) is 3.29. The van der Waals surface area contributed by atoms with Gasteiger partial charge in [0.2, 0.25) is 5.91 Å². The number of benzene rings is 1. The molecule has 2 N–H and O–H groups in total. The minimum atomic E-state index is -1.06. The smallest absolute Gasteiger partial charge is 0.337 e. The molecule has 6 heteroatoms. The van der Waals surface area contributed by atoms with Crippen LogP contribution in [-0.2, 0) is 9.53 Å². The van der Waals surface area contributed by atoms with Crippen LogP contribution in [0.5, 0.6) is 0 Å². The molecular formula is C15H18BrNO4. The average molecular weight is 356 g/mol. The molecule has 0 heterocycles. The van der Waals surface area contributed by atoms with E-state index in [2.05, 4.69) is 21.2 Å². The van der Waals surface area contributed by atoms with Crippen molar-refractivity contribution in [1.29, 1.82) is 0 Å². The van der Waals surface area contributed by atoms with Gasteiger partial charge in [0.15, 0.2) is 0 Å². The Labute approximate surface area is 131 Å². The van der Waals surface area contributed by atoms with Gasteiger partial charge in [-0.1, -0.05) is 6.07 Å². The topological polar surface area (TPSA) is 75.6 Å². The highest BCUT2D eigenvalue weighted by Crippen LogP contribution is 2.33. The van der Waals surface area contributed by atoms with E-state index < -0.39 is 5.97 Å². The third kappa shape index (κ3) is 4.04. The van der Waals surface area contributed by atoms with E-state index in [1.807, 2.05) is 6.92 Å². The number of halogens is 1. The highest BCUT2D eigenvalue weighted by atomic mass is 79.9. The predicted molar refractivity (Wildman–Crippen MR) is 82.5 cm³/mol. The lowest BCUT2D eigenvalue weighted by Gasteiger charge is -2.34. The number of carbonyl (C=O) groups excluding carboxylic acids is 1. The van der Waals surface area contributed by atoms with Gasteiger partial charge in [-0.15, -0.1) is 0 Å². The lowest BCUT2D eigenvalue weighted by atomic mass is 9.80. The summed E-state index contributed by atoms with van der Waals surface area (Å²) in [5.74, 6) is -0.909. The zero-order chi connectivity index (χ0) is 15.4. The molecule has 0 radical (unpaired) electrons. The maximum Gasteiger partial charge on any atom is 0.337 e. The summed E-state index contributed by atoms with van der Waals surface area (Å²) in [6, 6.07) is 4.80. The van der Waals surface area contributed by atoms with Gasteiger partial charge < -0.3 is 15.2 Å². The van der Waals surface area contributed by atoms with E-state index in [0.29, 0.717) is 29.1 Å². The van der Waals surface area contributed by atoms with Gasteiger partial charge in [0.05, 0.1) is 17.4 Å². The van der Waals surface area contributed by atoms with Crippen LogP contribution in [0.3, 0.4) is 0 Å². The molecule has 2 rings (SSSR count). The molecule has 1 amide bonds. The number of hydrogen-bond donors (Lipinski definition) is 2. The number of para-hydroxylation sites is 1. The fourth-order valence-electron chi connectivity index (χ4n) is 2.50. The van der Waals surface area contributed by atoms with Gasteiger partial charge in [-0.3, -0.25) is 4.79 Å². The number of anilines is 1. The third-order valence-corrected chi connectivity index (χ3v) is 4.24. The van der Waals surface area contributed by atoms with E-state index in [-0.39, 0.29) is 17.6 Å². The standard InChI is InChI=1S/C15H18BrNO4/c1-2-21-10-6-9(7-10)8-13(18)17-14-11(15(19)20)4-3-5-12(14)16/h3-5,9-10H,2,6-8H2,1H3,(H,17,18)(H,19,20). The molecule has 114 valence electrons. The summed E-state index contributed by atoms with van der Waals surface area (Å²) in [4.78, 5) is 23.2. The molecule has 1 aromatic rings. The summed E-state index contributed by atoms with van der Waals surface area (Å²) in [5, 5.41) is 11.8. The first kappa shape index (κ1) is 16.0. The Hall–Kier alpha value is -1.40. The van der Waals surface area contributed by atoms with Crippen LogP contribution in [0.15, 0.2) is 22.7 Å². The number of carboxylic acids is 1. The van der Waals surface area contributed by atoms with Gasteiger partial charge in [-0.05, 0) is 53.7 Å². The molecule has 0 unspecified atom stereocenters. The Morgan fingerprint density at radius 1 is 1.43 bits per heavy atom. The minimum absolute atomic E-state index is 0.0820. The quantitative estimate of drug-likeness (QED) is 0.820. The summed E-state index contributed by atoms with van der Waals surface area (Å²) in [6.07, 6.45) is 2.45. The van der Waals surface area contributed by atoms with Crippen molar-refractivity contribution in [3.05, 3.63) is 28.2 Å². The molecule has 1 aromatic carbocycles. The average Bonchev–Trinajstić information content (AvgIpc) is 2.38. The number of hydrogen-bond acceptors (Lipinski definition) is 3. The Morgan fingerprint density at radius 2 is 2.14 bits per heavy atom. The monoisotopic (exact) mass is 355 g/mol. The largest absolute Gasteiger partial charge is 0.478 e. The SMILES string of the molecule is CCOC1CC(CC(=O)Nc2c(Br)cccc2C(=O)O)C1. The molecule has 1 aliphatic rings. The maximum atomic E-state index is 12.0. The Kier molecular flexibility index (Phi) is 5.36. The molecule has 0 bridgehead atoms. The van der Waals surface area contributed by atoms with Gasteiger partial charge >= 0.3 is 5.97 Å². The summed E-state index contributed by atoms with van der Waals surface area (Å²) >= 11 is 3.27. The second-order valence-corrected chi connectivity index (χ2v) is 5.99. The van der Waals surface area contributed by atoms with Crippen LogP contribution in [0.25, 0.3) is 0 Å². The number of nitrogens with one attached hydrogen (secondary N) is 1. The van der Waals surface area contributed by atoms with Gasteiger partial charge in [0.1, 0.15) is 0 Å². The number of carbonyl (C=O) groups is 2. The third-order valence-electron chi connectivity index (χ3n) is 3.58. The van der Waals surface area contributed by atoms with Gasteiger partial charge in [-0.25, -0.2) is 4.79 Å². The Morgan fingerprint density at radius 3 is 2.76 bits per heavy atom. The molecule has 21 heavy (non-hydrogen) atoms. The van der Waals surface area contributed by atoms with Crippen LogP contribution >= 0.6 is 15.9 Å². The maximum absolute atomic E-state index is 12.0. The fourth-order valence-corrected chi connectivity index (χ4v) is 2.96. The van der Waals surface area contributed by atoms with Crippen LogP contribution in [-0.4, -0.2) is 29.7 Å². The first-order valence-corrected chi connectivity index (χ1v) is 7.73. The van der Waals surface area contributed by atoms with Gasteiger partial charge in [0, 0.05) is 17.5 Å². The molecule has 1 aliphatic carbocycles. The van der Waals surface area contributed by atoms with Gasteiger partial charge in [-0.2, -0.15) is 0 Å². The van der Waals surface area contributed by atoms with Crippen LogP contribution in [0.1, 0.15) is 36.5 Å². The highest BCUT2D eigenvalue weighted by Gasteiger charge is 2.31. The van der Waals surface area contributed by atoms with E-state index in [9.17, 15) is 9.59 Å². The molecular weight excluding hydrogens is 338 g/mol. The summed E-state index contributed by atoms with van der Waals surface area (Å²) in [6.45, 7) is 2.66. The lowest BCUT2D eigenvalue weighted by Crippen LogP contribution is -2.34. The van der Waals surface area contributed by atoms with Crippen molar-refractivity contribution in [3.63, 3.8) is 0 Å². The van der Waals surface area contributed by atoms with Crippen LogP contribution in [0.4, 0.5) is 5.69 Å². The van der Waals surface area contributed by atoms with E-state index in [1.165, 1.54) is 6.07 Å². The number of carboxylic acid groups (broad SMARTS) is 1. The van der Waals surface area contributed by atoms with E-state index in [1.54, 1.807) is 12.1 Å². The van der Waals surface area contributed by atoms with Crippen LogP contribution in [0.2, 0.25) is 0 Å². The molecule has 0 atom stereocenters. The number of rotatable bonds is 6. The fraction of sp³-hybridized carbons (Fsp3) is 0.467. The number of amides is 1. The van der Waals surface area contributed by atoms with Crippen molar-refractivity contribution < 1.29 is 19.4 Å². The summed E-state index contributed by atoms with van der Waals surface area (Å²) in [7, 11) is 0. The molecule has 5 nitrogen and oxygen atoms in total. The first-order chi connectivity index (χ1) is 10.0. The highest BCUT2D eigenvalue weighted by molar-refractivity contribution is 9.10. The molecule has 0 spiro atoms. The van der Waals surface area contributed by atoms with E-state index in [4.69, 9.17) is 9.84 Å². The Balaban J connectivity index is 1.93. The molecule has 1 saturated carbocycles. The number of aromatic carboxylic acids is 1. The molecule has 0 aliphatic heterocycles. The van der Waals surface area contributed by atoms with Crippen molar-refractivity contribution >= 4 is 33.5 Å². The zero-order valence-corrected chi connectivity index (χ0v) is 13.4. The van der Waals surface area contributed by atoms with Crippen LogP contribution in [0, 0.1) is 5.92 Å². The van der Waals surface area contributed by atoms with Crippen molar-refractivity contribution in [2.45, 2.75) is 32.3 Å². The zero-order valence-electron chi connectivity index (χ0n) is 11.8. The van der Waals surface area contributed by atoms with Crippen molar-refractivity contribution in [1.82, 2.24) is 0 Å². The van der Waals surface area contributed by atoms with Crippen molar-refractivity contribution in [3.8, 4) is 0 Å². The second-order valence-electron chi connectivity index (χ2n) is 5.13. The van der Waals surface area contributed by atoms with Crippen molar-refractivity contribution in [2.75, 3.05) is 11.9 Å². The second kappa shape index (κ2) is 7.04. The summed E-state index contributed by atoms with van der Waals surface area (Å²) in [5.41, 5.74) is 0.397. The lowest BCUT2D eigenvalue weighted by molar-refractivity contribution is -0.119. The van der Waals surface area contributed by atoms with E-state index in [0.717, 1.165) is 12.8 Å². The number of ether oxygens (including phenoxy) is 1.